The molecule has 3 atom stereocenters. The van der Waals surface area contributed by atoms with Gasteiger partial charge in [-0.15, -0.1) is 0 Å². The Morgan fingerprint density at radius 3 is 2.46 bits per heavy atom. The molecule has 1 aliphatic heterocycles. The van der Waals surface area contributed by atoms with E-state index < -0.39 is 6.10 Å². The summed E-state index contributed by atoms with van der Waals surface area (Å²) in [6.07, 6.45) is 2.15. The highest BCUT2D eigenvalue weighted by molar-refractivity contribution is 6.30. The van der Waals surface area contributed by atoms with Gasteiger partial charge in [0.2, 0.25) is 5.91 Å². The van der Waals surface area contributed by atoms with Crippen molar-refractivity contribution in [3.8, 4) is 5.75 Å². The molecular weight excluding hydrogens is 328 g/mol. The molecule has 5 nitrogen and oxygen atoms in total. The van der Waals surface area contributed by atoms with Gasteiger partial charge in [0.15, 0.2) is 0 Å². The highest BCUT2D eigenvalue weighted by Gasteiger charge is 2.38. The van der Waals surface area contributed by atoms with E-state index in [9.17, 15) is 9.90 Å². The molecule has 1 heterocycles. The Bertz CT molecular complexity index is 558. The van der Waals surface area contributed by atoms with Crippen LogP contribution in [-0.4, -0.2) is 65.2 Å². The van der Waals surface area contributed by atoms with Crippen molar-refractivity contribution in [2.75, 3.05) is 26.2 Å². The minimum atomic E-state index is -0.515. The van der Waals surface area contributed by atoms with Crippen LogP contribution in [0, 0.1) is 0 Å². The molecule has 1 saturated heterocycles. The molecule has 1 saturated carbocycles. The van der Waals surface area contributed by atoms with Gasteiger partial charge < -0.3 is 14.7 Å². The zero-order chi connectivity index (χ0) is 17.1. The van der Waals surface area contributed by atoms with E-state index in [1.807, 2.05) is 17.0 Å². The second-order valence-corrected chi connectivity index (χ2v) is 7.08. The summed E-state index contributed by atoms with van der Waals surface area (Å²) < 4.78 is 6.00. The van der Waals surface area contributed by atoms with E-state index in [2.05, 4.69) is 4.90 Å². The van der Waals surface area contributed by atoms with E-state index in [1.165, 1.54) is 0 Å². The number of nitrogens with zero attached hydrogens (tertiary/aromatic N) is 2. The van der Waals surface area contributed by atoms with Crippen molar-refractivity contribution in [2.24, 2.45) is 0 Å². The van der Waals surface area contributed by atoms with E-state index in [1.54, 1.807) is 19.1 Å². The van der Waals surface area contributed by atoms with Crippen molar-refractivity contribution >= 4 is 17.5 Å². The summed E-state index contributed by atoms with van der Waals surface area (Å²) in [4.78, 5) is 15.6. The zero-order valence-corrected chi connectivity index (χ0v) is 14.8. The predicted molar refractivity (Wildman–Crippen MR) is 93.3 cm³/mol. The fourth-order valence-electron chi connectivity index (χ4n) is 3.70. The van der Waals surface area contributed by atoms with Gasteiger partial charge in [-0.1, -0.05) is 11.6 Å². The highest BCUT2D eigenvalue weighted by atomic mass is 35.5. The summed E-state index contributed by atoms with van der Waals surface area (Å²) in [7, 11) is 0. The molecule has 2 fully saturated rings. The fourth-order valence-corrected chi connectivity index (χ4v) is 3.83. The Morgan fingerprint density at radius 1 is 1.17 bits per heavy atom. The molecule has 132 valence electrons. The van der Waals surface area contributed by atoms with Crippen LogP contribution in [0.3, 0.4) is 0 Å². The minimum absolute atomic E-state index is 0.102. The standard InChI is InChI=1S/C18H25ClN2O3/c1-13(22)20-9-11-21(12-10-20)16-3-2-4-17(18(16)23)24-15-7-5-14(19)6-8-15/h5-8,16-18,23H,2-4,9-12H2,1H3/t16-,17+,18+/m0/s1. The Kier molecular flexibility index (Phi) is 5.64. The molecule has 1 aromatic rings. The molecule has 1 aromatic carbocycles. The number of hydrogen-bond acceptors (Lipinski definition) is 4. The second kappa shape index (κ2) is 7.72. The molecule has 1 N–H and O–H groups in total. The van der Waals surface area contributed by atoms with E-state index >= 15 is 0 Å². The van der Waals surface area contributed by atoms with Gasteiger partial charge in [0, 0.05) is 44.2 Å². The topological polar surface area (TPSA) is 53.0 Å². The predicted octanol–water partition coefficient (Wildman–Crippen LogP) is 2.16. The molecule has 1 aliphatic carbocycles. The Hall–Kier alpha value is -1.30. The number of rotatable bonds is 3. The number of aliphatic hydroxyl groups excluding tert-OH is 1. The SMILES string of the molecule is CC(=O)N1CCN([C@H]2CCC[C@@H](Oc3ccc(Cl)cc3)[C@@H]2O)CC1. The van der Waals surface area contributed by atoms with Gasteiger partial charge in [-0.25, -0.2) is 0 Å². The summed E-state index contributed by atoms with van der Waals surface area (Å²) in [6.45, 7) is 4.72. The van der Waals surface area contributed by atoms with Gasteiger partial charge in [0.1, 0.15) is 18.0 Å². The van der Waals surface area contributed by atoms with Crippen LogP contribution in [0.15, 0.2) is 24.3 Å². The molecule has 6 heteroatoms. The summed E-state index contributed by atoms with van der Waals surface area (Å²) >= 11 is 5.90. The number of piperazine rings is 1. The largest absolute Gasteiger partial charge is 0.488 e. The maximum atomic E-state index is 11.5. The Morgan fingerprint density at radius 2 is 1.83 bits per heavy atom. The number of hydrogen-bond donors (Lipinski definition) is 1. The third kappa shape index (κ3) is 4.02. The average Bonchev–Trinajstić information content (AvgIpc) is 2.59. The van der Waals surface area contributed by atoms with Gasteiger partial charge in [0.25, 0.3) is 0 Å². The van der Waals surface area contributed by atoms with E-state index in [4.69, 9.17) is 16.3 Å². The lowest BCUT2D eigenvalue weighted by atomic mass is 9.88. The van der Waals surface area contributed by atoms with Crippen molar-refractivity contribution in [2.45, 2.75) is 44.4 Å². The van der Waals surface area contributed by atoms with Crippen LogP contribution in [-0.2, 0) is 4.79 Å². The molecular formula is C18H25ClN2O3. The van der Waals surface area contributed by atoms with Crippen LogP contribution in [0.5, 0.6) is 5.75 Å². The lowest BCUT2D eigenvalue weighted by Gasteiger charge is -2.44. The lowest BCUT2D eigenvalue weighted by molar-refractivity contribution is -0.132. The third-order valence-corrected chi connectivity index (χ3v) is 5.35. The maximum absolute atomic E-state index is 11.5. The molecule has 0 radical (unpaired) electrons. The third-order valence-electron chi connectivity index (χ3n) is 5.09. The van der Waals surface area contributed by atoms with E-state index in [0.717, 1.165) is 51.2 Å². The van der Waals surface area contributed by atoms with E-state index in [-0.39, 0.29) is 18.1 Å². The summed E-state index contributed by atoms with van der Waals surface area (Å²) in [5.74, 6) is 0.869. The van der Waals surface area contributed by atoms with Crippen molar-refractivity contribution in [1.29, 1.82) is 0 Å². The number of benzene rings is 1. The molecule has 0 unspecified atom stereocenters. The van der Waals surface area contributed by atoms with Crippen molar-refractivity contribution in [3.63, 3.8) is 0 Å². The van der Waals surface area contributed by atoms with Crippen molar-refractivity contribution < 1.29 is 14.6 Å². The van der Waals surface area contributed by atoms with Crippen molar-refractivity contribution in [1.82, 2.24) is 9.80 Å². The molecule has 24 heavy (non-hydrogen) atoms. The van der Waals surface area contributed by atoms with Crippen LogP contribution < -0.4 is 4.74 Å². The number of ether oxygens (including phenoxy) is 1. The summed E-state index contributed by atoms with van der Waals surface area (Å²) in [5, 5.41) is 11.5. The van der Waals surface area contributed by atoms with Gasteiger partial charge in [-0.2, -0.15) is 0 Å². The van der Waals surface area contributed by atoms with Crippen molar-refractivity contribution in [3.05, 3.63) is 29.3 Å². The van der Waals surface area contributed by atoms with Crippen LogP contribution in [0.4, 0.5) is 0 Å². The van der Waals surface area contributed by atoms with E-state index in [0.29, 0.717) is 5.02 Å². The highest BCUT2D eigenvalue weighted by Crippen LogP contribution is 2.28. The maximum Gasteiger partial charge on any atom is 0.219 e. The fraction of sp³-hybridized carbons (Fsp3) is 0.611. The average molecular weight is 353 g/mol. The van der Waals surface area contributed by atoms with Gasteiger partial charge in [-0.3, -0.25) is 9.69 Å². The molecule has 0 spiro atoms. The molecule has 0 aromatic heterocycles. The first kappa shape index (κ1) is 17.5. The van der Waals surface area contributed by atoms with Gasteiger partial charge in [-0.05, 0) is 43.5 Å². The number of amides is 1. The summed E-state index contributed by atoms with van der Waals surface area (Å²) in [6, 6.07) is 7.37. The van der Waals surface area contributed by atoms with Crippen LogP contribution in [0.25, 0.3) is 0 Å². The van der Waals surface area contributed by atoms with Gasteiger partial charge >= 0.3 is 0 Å². The smallest absolute Gasteiger partial charge is 0.219 e. The molecule has 2 aliphatic rings. The quantitative estimate of drug-likeness (QED) is 0.905. The van der Waals surface area contributed by atoms with Crippen LogP contribution in [0.1, 0.15) is 26.2 Å². The first-order valence-electron chi connectivity index (χ1n) is 8.64. The first-order chi connectivity index (χ1) is 11.5. The molecule has 1 amide bonds. The first-order valence-corrected chi connectivity index (χ1v) is 9.02. The number of carbonyl (C=O) groups is 1. The molecule has 0 bridgehead atoms. The zero-order valence-electron chi connectivity index (χ0n) is 14.0. The number of halogens is 1. The second-order valence-electron chi connectivity index (χ2n) is 6.64. The van der Waals surface area contributed by atoms with Crippen LogP contribution >= 0.6 is 11.6 Å². The lowest BCUT2D eigenvalue weighted by Crippen LogP contribution is -2.58. The Labute approximate surface area is 148 Å². The van der Waals surface area contributed by atoms with Crippen LogP contribution in [0.2, 0.25) is 5.02 Å². The minimum Gasteiger partial charge on any atom is -0.488 e. The van der Waals surface area contributed by atoms with Gasteiger partial charge in [0.05, 0.1) is 0 Å². The monoisotopic (exact) mass is 352 g/mol. The summed E-state index contributed by atoms with van der Waals surface area (Å²) in [5.41, 5.74) is 0. The number of carbonyl (C=O) groups excluding carboxylic acids is 1. The number of aliphatic hydroxyl groups is 1. The normalized spacial score (nSPS) is 28.6. The molecule has 3 rings (SSSR count). The Balaban J connectivity index is 1.59.